The standard InChI is InChI=1S/C6H13FN2/c1-5-2-9(4-8)3-6(5)7/h5-6H,2-4,8H2,1H3. The molecule has 0 aromatic heterocycles. The van der Waals surface area contributed by atoms with Crippen molar-refractivity contribution >= 4 is 0 Å². The molecule has 0 bridgehead atoms. The first-order valence-electron chi connectivity index (χ1n) is 3.30. The zero-order chi connectivity index (χ0) is 6.85. The molecule has 2 N–H and O–H groups in total. The molecule has 0 aliphatic carbocycles. The van der Waals surface area contributed by atoms with E-state index < -0.39 is 6.17 Å². The first kappa shape index (κ1) is 6.96. The van der Waals surface area contributed by atoms with Crippen molar-refractivity contribution in [3.8, 4) is 0 Å². The van der Waals surface area contributed by atoms with Crippen LogP contribution in [0.5, 0.6) is 0 Å². The van der Waals surface area contributed by atoms with Gasteiger partial charge in [0.05, 0.1) is 0 Å². The van der Waals surface area contributed by atoms with E-state index >= 15 is 0 Å². The molecule has 1 heterocycles. The Morgan fingerprint density at radius 2 is 2.33 bits per heavy atom. The molecule has 0 saturated carbocycles. The number of alkyl halides is 1. The molecule has 1 rings (SSSR count). The molecular formula is C6H13FN2. The van der Waals surface area contributed by atoms with E-state index in [0.717, 1.165) is 6.54 Å². The molecular weight excluding hydrogens is 119 g/mol. The first-order chi connectivity index (χ1) is 4.24. The molecule has 1 saturated heterocycles. The summed E-state index contributed by atoms with van der Waals surface area (Å²) in [5.74, 6) is 0.175. The number of rotatable bonds is 1. The minimum Gasteiger partial charge on any atom is -0.318 e. The molecule has 2 nitrogen and oxygen atoms in total. The largest absolute Gasteiger partial charge is 0.318 e. The molecule has 2 unspecified atom stereocenters. The third-order valence-electron chi connectivity index (χ3n) is 1.85. The predicted molar refractivity (Wildman–Crippen MR) is 34.7 cm³/mol. The third-order valence-corrected chi connectivity index (χ3v) is 1.85. The average molecular weight is 132 g/mol. The summed E-state index contributed by atoms with van der Waals surface area (Å²) in [6.07, 6.45) is -0.659. The Bertz CT molecular complexity index is 87.1. The monoisotopic (exact) mass is 132 g/mol. The van der Waals surface area contributed by atoms with Crippen molar-refractivity contribution in [2.75, 3.05) is 19.8 Å². The first-order valence-corrected chi connectivity index (χ1v) is 3.30. The Kier molecular flexibility index (Phi) is 2.03. The maximum atomic E-state index is 12.7. The highest BCUT2D eigenvalue weighted by Gasteiger charge is 2.27. The average Bonchev–Trinajstić information content (AvgIpc) is 2.13. The van der Waals surface area contributed by atoms with E-state index in [0.29, 0.717) is 13.2 Å². The molecule has 9 heavy (non-hydrogen) atoms. The van der Waals surface area contributed by atoms with Gasteiger partial charge >= 0.3 is 0 Å². The van der Waals surface area contributed by atoms with Gasteiger partial charge in [0.25, 0.3) is 0 Å². The van der Waals surface area contributed by atoms with Crippen molar-refractivity contribution in [2.45, 2.75) is 13.1 Å². The zero-order valence-electron chi connectivity index (χ0n) is 5.68. The van der Waals surface area contributed by atoms with Crippen LogP contribution in [0.4, 0.5) is 4.39 Å². The summed E-state index contributed by atoms with van der Waals surface area (Å²) in [4.78, 5) is 1.93. The molecule has 1 aliphatic rings. The Morgan fingerprint density at radius 3 is 2.56 bits per heavy atom. The van der Waals surface area contributed by atoms with Crippen LogP contribution in [0, 0.1) is 5.92 Å². The summed E-state index contributed by atoms with van der Waals surface area (Å²) in [5.41, 5.74) is 5.32. The highest BCUT2D eigenvalue weighted by molar-refractivity contribution is 4.79. The van der Waals surface area contributed by atoms with Gasteiger partial charge in [-0.05, 0) is 0 Å². The molecule has 0 aromatic carbocycles. The van der Waals surface area contributed by atoms with Gasteiger partial charge in [-0.25, -0.2) is 4.39 Å². The summed E-state index contributed by atoms with van der Waals surface area (Å²) in [5, 5.41) is 0. The van der Waals surface area contributed by atoms with Crippen LogP contribution in [-0.4, -0.2) is 30.8 Å². The van der Waals surface area contributed by atoms with Crippen LogP contribution in [-0.2, 0) is 0 Å². The van der Waals surface area contributed by atoms with Crippen molar-refractivity contribution < 1.29 is 4.39 Å². The highest BCUT2D eigenvalue weighted by atomic mass is 19.1. The van der Waals surface area contributed by atoms with Gasteiger partial charge < -0.3 is 5.73 Å². The number of likely N-dealkylation sites (tertiary alicyclic amines) is 1. The number of nitrogens with two attached hydrogens (primary N) is 1. The van der Waals surface area contributed by atoms with E-state index in [4.69, 9.17) is 5.73 Å². The van der Waals surface area contributed by atoms with Crippen LogP contribution >= 0.6 is 0 Å². The molecule has 3 heteroatoms. The van der Waals surface area contributed by atoms with Gasteiger partial charge in [0.15, 0.2) is 0 Å². The van der Waals surface area contributed by atoms with E-state index in [1.54, 1.807) is 0 Å². The Hall–Kier alpha value is -0.150. The van der Waals surface area contributed by atoms with Crippen LogP contribution in [0.1, 0.15) is 6.92 Å². The fraction of sp³-hybridized carbons (Fsp3) is 1.00. The van der Waals surface area contributed by atoms with Gasteiger partial charge in [-0.15, -0.1) is 0 Å². The van der Waals surface area contributed by atoms with E-state index in [2.05, 4.69) is 0 Å². The van der Waals surface area contributed by atoms with Gasteiger partial charge in [0.2, 0.25) is 0 Å². The summed E-state index contributed by atoms with van der Waals surface area (Å²) >= 11 is 0. The van der Waals surface area contributed by atoms with Crippen LogP contribution in [0.2, 0.25) is 0 Å². The van der Waals surface area contributed by atoms with E-state index in [1.165, 1.54) is 0 Å². The van der Waals surface area contributed by atoms with Crippen LogP contribution < -0.4 is 5.73 Å². The summed E-state index contributed by atoms with van der Waals surface area (Å²) in [6.45, 7) is 3.75. The van der Waals surface area contributed by atoms with Gasteiger partial charge in [-0.1, -0.05) is 6.92 Å². The Morgan fingerprint density at radius 1 is 1.67 bits per heavy atom. The molecule has 0 radical (unpaired) electrons. The predicted octanol–water partition coefficient (Wildman–Crippen LogP) is 0.192. The van der Waals surface area contributed by atoms with E-state index in [-0.39, 0.29) is 5.92 Å². The van der Waals surface area contributed by atoms with Crippen LogP contribution in [0.15, 0.2) is 0 Å². The molecule has 0 amide bonds. The lowest BCUT2D eigenvalue weighted by Gasteiger charge is -2.09. The second-order valence-electron chi connectivity index (χ2n) is 2.71. The highest BCUT2D eigenvalue weighted by Crippen LogP contribution is 2.17. The zero-order valence-corrected chi connectivity index (χ0v) is 5.68. The van der Waals surface area contributed by atoms with Crippen LogP contribution in [0.25, 0.3) is 0 Å². The summed E-state index contributed by atoms with van der Waals surface area (Å²) in [6, 6.07) is 0. The fourth-order valence-electron chi connectivity index (χ4n) is 1.17. The van der Waals surface area contributed by atoms with Crippen molar-refractivity contribution in [1.29, 1.82) is 0 Å². The molecule has 2 atom stereocenters. The maximum Gasteiger partial charge on any atom is 0.117 e. The SMILES string of the molecule is CC1CN(CN)CC1F. The molecule has 1 aliphatic heterocycles. The lowest BCUT2D eigenvalue weighted by atomic mass is 10.1. The van der Waals surface area contributed by atoms with E-state index in [9.17, 15) is 4.39 Å². The lowest BCUT2D eigenvalue weighted by molar-refractivity contribution is 0.280. The quantitative estimate of drug-likeness (QED) is 0.552. The fourth-order valence-corrected chi connectivity index (χ4v) is 1.17. The van der Waals surface area contributed by atoms with Gasteiger partial charge in [-0.2, -0.15) is 0 Å². The van der Waals surface area contributed by atoms with Crippen molar-refractivity contribution in [3.63, 3.8) is 0 Å². The number of hydrogen-bond donors (Lipinski definition) is 1. The van der Waals surface area contributed by atoms with Crippen molar-refractivity contribution in [3.05, 3.63) is 0 Å². The minimum atomic E-state index is -0.659. The van der Waals surface area contributed by atoms with Gasteiger partial charge in [-0.3, -0.25) is 4.90 Å². The molecule has 1 fully saturated rings. The van der Waals surface area contributed by atoms with Crippen LogP contribution in [0.3, 0.4) is 0 Å². The molecule has 54 valence electrons. The molecule has 0 aromatic rings. The van der Waals surface area contributed by atoms with Gasteiger partial charge in [0, 0.05) is 25.7 Å². The van der Waals surface area contributed by atoms with Crippen molar-refractivity contribution in [2.24, 2.45) is 11.7 Å². The third kappa shape index (κ3) is 1.40. The number of nitrogens with zero attached hydrogens (tertiary/aromatic N) is 1. The summed E-state index contributed by atoms with van der Waals surface area (Å²) < 4.78 is 12.7. The normalized spacial score (nSPS) is 37.7. The second kappa shape index (κ2) is 2.62. The summed E-state index contributed by atoms with van der Waals surface area (Å²) in [7, 11) is 0. The smallest absolute Gasteiger partial charge is 0.117 e. The minimum absolute atomic E-state index is 0.175. The number of halogens is 1. The van der Waals surface area contributed by atoms with Gasteiger partial charge in [0.1, 0.15) is 6.17 Å². The lowest BCUT2D eigenvalue weighted by Crippen LogP contribution is -2.27. The van der Waals surface area contributed by atoms with Crippen molar-refractivity contribution in [1.82, 2.24) is 4.90 Å². The second-order valence-corrected chi connectivity index (χ2v) is 2.71. The van der Waals surface area contributed by atoms with E-state index in [1.807, 2.05) is 11.8 Å². The number of hydrogen-bond acceptors (Lipinski definition) is 2. The Labute approximate surface area is 54.8 Å². The maximum absolute atomic E-state index is 12.7. The topological polar surface area (TPSA) is 29.3 Å². The molecule has 0 spiro atoms. The Balaban J connectivity index is 2.35.